The van der Waals surface area contributed by atoms with E-state index in [0.717, 1.165) is 0 Å². The lowest BCUT2D eigenvalue weighted by molar-refractivity contribution is -0.699. The van der Waals surface area contributed by atoms with Gasteiger partial charge in [0, 0.05) is 0 Å². The van der Waals surface area contributed by atoms with Crippen LogP contribution in [0.5, 0.6) is 0 Å². The first-order valence-electron chi connectivity index (χ1n) is 3.06. The number of nitrogens with two attached hydrogens (primary N) is 1. The molecular formula is C6H11N2OS+. The SMILES string of the molecule is Cc1c[n+](CC(N)O)cs1. The van der Waals surface area contributed by atoms with Crippen molar-refractivity contribution >= 4 is 11.3 Å². The molecule has 1 aromatic heterocycles. The Labute approximate surface area is 63.7 Å². The van der Waals surface area contributed by atoms with Gasteiger partial charge in [-0.25, -0.2) is 0 Å². The van der Waals surface area contributed by atoms with Crippen LogP contribution >= 0.6 is 11.3 Å². The third-order valence-electron chi connectivity index (χ3n) is 1.12. The molecule has 0 spiro atoms. The van der Waals surface area contributed by atoms with Crippen LogP contribution in [0, 0.1) is 6.92 Å². The fourth-order valence-electron chi connectivity index (χ4n) is 0.757. The third kappa shape index (κ3) is 2.06. The number of nitrogens with zero attached hydrogens (tertiary/aromatic N) is 1. The molecule has 0 fully saturated rings. The maximum atomic E-state index is 8.78. The Morgan fingerprint density at radius 1 is 1.90 bits per heavy atom. The van der Waals surface area contributed by atoms with Crippen LogP contribution in [0.3, 0.4) is 0 Å². The number of hydrogen-bond donors (Lipinski definition) is 2. The van der Waals surface area contributed by atoms with Crippen LogP contribution in [0.15, 0.2) is 11.7 Å². The van der Waals surface area contributed by atoms with Crippen LogP contribution in [-0.2, 0) is 6.54 Å². The Balaban J connectivity index is 2.58. The van der Waals surface area contributed by atoms with Crippen molar-refractivity contribution in [2.75, 3.05) is 0 Å². The summed E-state index contributed by atoms with van der Waals surface area (Å²) in [7, 11) is 0. The molecule has 0 aliphatic heterocycles. The zero-order chi connectivity index (χ0) is 7.56. The molecule has 1 atom stereocenters. The molecule has 56 valence electrons. The molecule has 1 rings (SSSR count). The van der Waals surface area contributed by atoms with E-state index in [9.17, 15) is 0 Å². The first-order chi connectivity index (χ1) is 4.68. The number of hydrogen-bond acceptors (Lipinski definition) is 3. The summed E-state index contributed by atoms with van der Waals surface area (Å²) in [5, 5.41) is 8.78. The zero-order valence-electron chi connectivity index (χ0n) is 5.82. The fourth-order valence-corrected chi connectivity index (χ4v) is 1.40. The highest BCUT2D eigenvalue weighted by Gasteiger charge is 2.06. The predicted molar refractivity (Wildman–Crippen MR) is 39.4 cm³/mol. The van der Waals surface area contributed by atoms with Crippen LogP contribution < -0.4 is 10.3 Å². The van der Waals surface area contributed by atoms with E-state index in [-0.39, 0.29) is 0 Å². The molecule has 1 heterocycles. The van der Waals surface area contributed by atoms with Crippen LogP contribution in [-0.4, -0.2) is 11.3 Å². The Kier molecular flexibility index (Phi) is 2.37. The Hall–Kier alpha value is -0.450. The van der Waals surface area contributed by atoms with E-state index in [1.807, 2.05) is 23.2 Å². The summed E-state index contributed by atoms with van der Waals surface area (Å²) < 4.78 is 1.88. The number of aromatic nitrogens is 1. The Bertz CT molecular complexity index is 209. The smallest absolute Gasteiger partial charge is 0.225 e. The lowest BCUT2D eigenvalue weighted by Crippen LogP contribution is -2.41. The summed E-state index contributed by atoms with van der Waals surface area (Å²) in [4.78, 5) is 1.22. The van der Waals surface area contributed by atoms with Crippen molar-refractivity contribution in [3.05, 3.63) is 16.6 Å². The maximum absolute atomic E-state index is 8.78. The van der Waals surface area contributed by atoms with E-state index >= 15 is 0 Å². The van der Waals surface area contributed by atoms with E-state index in [2.05, 4.69) is 0 Å². The highest BCUT2D eigenvalue weighted by atomic mass is 32.1. The Morgan fingerprint density at radius 3 is 3.00 bits per heavy atom. The second-order valence-electron chi connectivity index (χ2n) is 2.23. The summed E-state index contributed by atoms with van der Waals surface area (Å²) in [6, 6.07) is 0. The summed E-state index contributed by atoms with van der Waals surface area (Å²) in [5.41, 5.74) is 7.11. The van der Waals surface area contributed by atoms with Crippen molar-refractivity contribution in [2.45, 2.75) is 19.7 Å². The molecule has 1 unspecified atom stereocenters. The van der Waals surface area contributed by atoms with Crippen molar-refractivity contribution in [3.63, 3.8) is 0 Å². The van der Waals surface area contributed by atoms with E-state index in [0.29, 0.717) is 6.54 Å². The van der Waals surface area contributed by atoms with Gasteiger partial charge in [-0.2, -0.15) is 4.57 Å². The molecule has 10 heavy (non-hydrogen) atoms. The second kappa shape index (κ2) is 3.09. The largest absolute Gasteiger partial charge is 0.372 e. The number of rotatable bonds is 2. The van der Waals surface area contributed by atoms with Gasteiger partial charge in [-0.15, -0.1) is 0 Å². The summed E-state index contributed by atoms with van der Waals surface area (Å²) in [6.45, 7) is 2.49. The minimum absolute atomic E-state index is 0.477. The molecule has 0 aromatic carbocycles. The number of aliphatic hydroxyl groups excluding tert-OH is 1. The van der Waals surface area contributed by atoms with Gasteiger partial charge in [0.1, 0.15) is 0 Å². The van der Waals surface area contributed by atoms with Gasteiger partial charge in [0.05, 0.1) is 4.88 Å². The standard InChI is InChI=1S/C6H11N2OS/c1-5-2-8(4-10-5)3-6(7)9/h2,4,6,9H,3,7H2,1H3/q+1. The van der Waals surface area contributed by atoms with Gasteiger partial charge in [0.15, 0.2) is 19.0 Å². The van der Waals surface area contributed by atoms with Crippen LogP contribution in [0.4, 0.5) is 0 Å². The van der Waals surface area contributed by atoms with Gasteiger partial charge in [0.25, 0.3) is 0 Å². The first-order valence-corrected chi connectivity index (χ1v) is 3.94. The number of thiazole rings is 1. The average molecular weight is 159 g/mol. The summed E-state index contributed by atoms with van der Waals surface area (Å²) in [6.07, 6.45) is 1.21. The molecule has 0 amide bonds. The molecule has 0 aliphatic carbocycles. The van der Waals surface area contributed by atoms with Crippen LogP contribution in [0.25, 0.3) is 0 Å². The highest BCUT2D eigenvalue weighted by molar-refractivity contribution is 7.09. The maximum Gasteiger partial charge on any atom is 0.225 e. The number of aliphatic hydroxyl groups is 1. The average Bonchev–Trinajstić information content (AvgIpc) is 2.13. The van der Waals surface area contributed by atoms with Gasteiger partial charge >= 0.3 is 0 Å². The minimum atomic E-state index is -0.751. The molecule has 0 saturated heterocycles. The molecular weight excluding hydrogens is 148 g/mol. The highest BCUT2D eigenvalue weighted by Crippen LogP contribution is 1.99. The molecule has 1 aromatic rings. The molecule has 0 saturated carbocycles. The van der Waals surface area contributed by atoms with Crippen molar-refractivity contribution in [1.29, 1.82) is 0 Å². The quantitative estimate of drug-likeness (QED) is 0.456. The van der Waals surface area contributed by atoms with Crippen molar-refractivity contribution in [2.24, 2.45) is 5.73 Å². The van der Waals surface area contributed by atoms with Gasteiger partial charge in [-0.05, 0) is 6.92 Å². The molecule has 0 radical (unpaired) electrons. The monoisotopic (exact) mass is 159 g/mol. The van der Waals surface area contributed by atoms with Gasteiger partial charge in [-0.3, -0.25) is 0 Å². The topological polar surface area (TPSA) is 50.1 Å². The van der Waals surface area contributed by atoms with Gasteiger partial charge in [-0.1, -0.05) is 11.3 Å². The van der Waals surface area contributed by atoms with E-state index in [4.69, 9.17) is 10.8 Å². The third-order valence-corrected chi connectivity index (χ3v) is 1.97. The summed E-state index contributed by atoms with van der Waals surface area (Å²) >= 11 is 1.64. The fraction of sp³-hybridized carbons (Fsp3) is 0.500. The zero-order valence-corrected chi connectivity index (χ0v) is 6.64. The minimum Gasteiger partial charge on any atom is -0.372 e. The predicted octanol–water partition coefficient (Wildman–Crippen LogP) is -0.379. The van der Waals surface area contributed by atoms with Crippen molar-refractivity contribution < 1.29 is 9.67 Å². The van der Waals surface area contributed by atoms with Crippen LogP contribution in [0.2, 0.25) is 0 Å². The van der Waals surface area contributed by atoms with E-state index in [1.165, 1.54) is 4.88 Å². The van der Waals surface area contributed by atoms with E-state index in [1.54, 1.807) is 11.3 Å². The van der Waals surface area contributed by atoms with Crippen molar-refractivity contribution in [1.82, 2.24) is 0 Å². The molecule has 0 aliphatic rings. The lowest BCUT2D eigenvalue weighted by atomic mass is 10.5. The number of aryl methyl sites for hydroxylation is 1. The van der Waals surface area contributed by atoms with Crippen molar-refractivity contribution in [3.8, 4) is 0 Å². The molecule has 3 N–H and O–H groups in total. The normalized spacial score (nSPS) is 13.5. The lowest BCUT2D eigenvalue weighted by Gasteiger charge is -1.94. The van der Waals surface area contributed by atoms with Gasteiger partial charge in [0.2, 0.25) is 5.51 Å². The molecule has 3 nitrogen and oxygen atoms in total. The molecule has 4 heteroatoms. The second-order valence-corrected chi connectivity index (χ2v) is 3.32. The van der Waals surface area contributed by atoms with E-state index < -0.39 is 6.23 Å². The first kappa shape index (κ1) is 7.65. The van der Waals surface area contributed by atoms with Crippen LogP contribution in [0.1, 0.15) is 4.88 Å². The Morgan fingerprint density at radius 2 is 2.60 bits per heavy atom. The molecule has 0 bridgehead atoms. The summed E-state index contributed by atoms with van der Waals surface area (Å²) in [5.74, 6) is 0. The van der Waals surface area contributed by atoms with Gasteiger partial charge < -0.3 is 10.8 Å².